The van der Waals surface area contributed by atoms with E-state index in [0.717, 1.165) is 10.2 Å². The molecule has 0 aliphatic heterocycles. The molecule has 2 N–H and O–H groups in total. The van der Waals surface area contributed by atoms with Crippen LogP contribution in [0.5, 0.6) is 5.75 Å². The minimum Gasteiger partial charge on any atom is -0.481 e. The Hall–Kier alpha value is -1.46. The van der Waals surface area contributed by atoms with Crippen molar-refractivity contribution in [2.75, 3.05) is 6.54 Å². The van der Waals surface area contributed by atoms with Gasteiger partial charge in [0, 0.05) is 23.4 Å². The van der Waals surface area contributed by atoms with Crippen LogP contribution in [0.1, 0.15) is 11.8 Å². The summed E-state index contributed by atoms with van der Waals surface area (Å²) in [5, 5.41) is 0. The van der Waals surface area contributed by atoms with E-state index >= 15 is 0 Å². The molecule has 88 valence electrons. The number of pyridine rings is 2. The standard InChI is InChI=1S/C12H12BrN3O/c13-9-5-10(8-15-7-9)17-12(6-14)11-3-1-2-4-16-11/h1-5,7-8,12H,6,14H2. The molecule has 4 nitrogen and oxygen atoms in total. The third kappa shape index (κ3) is 3.25. The normalized spacial score (nSPS) is 12.1. The van der Waals surface area contributed by atoms with Crippen LogP contribution in [-0.2, 0) is 0 Å². The van der Waals surface area contributed by atoms with E-state index in [2.05, 4.69) is 25.9 Å². The topological polar surface area (TPSA) is 61.0 Å². The Morgan fingerprint density at radius 2 is 2.24 bits per heavy atom. The lowest BCUT2D eigenvalue weighted by atomic mass is 10.2. The number of ether oxygens (including phenoxy) is 1. The zero-order valence-electron chi connectivity index (χ0n) is 9.08. The van der Waals surface area contributed by atoms with Gasteiger partial charge in [0.1, 0.15) is 5.75 Å². The molecule has 2 aromatic heterocycles. The van der Waals surface area contributed by atoms with Crippen LogP contribution in [0, 0.1) is 0 Å². The van der Waals surface area contributed by atoms with E-state index in [-0.39, 0.29) is 6.10 Å². The Morgan fingerprint density at radius 1 is 1.35 bits per heavy atom. The largest absolute Gasteiger partial charge is 0.481 e. The second-order valence-corrected chi connectivity index (χ2v) is 4.35. The Kier molecular flexibility index (Phi) is 4.06. The van der Waals surface area contributed by atoms with Crippen molar-refractivity contribution in [3.8, 4) is 5.75 Å². The molecule has 0 saturated carbocycles. The van der Waals surface area contributed by atoms with Gasteiger partial charge in [0.25, 0.3) is 0 Å². The van der Waals surface area contributed by atoms with Crippen LogP contribution < -0.4 is 10.5 Å². The number of nitrogens with two attached hydrogens (primary N) is 1. The Labute approximate surface area is 108 Å². The first kappa shape index (κ1) is 12.0. The molecule has 0 saturated heterocycles. The van der Waals surface area contributed by atoms with Crippen LogP contribution in [0.2, 0.25) is 0 Å². The number of hydrogen-bond acceptors (Lipinski definition) is 4. The van der Waals surface area contributed by atoms with Crippen LogP contribution in [0.4, 0.5) is 0 Å². The first-order valence-corrected chi connectivity index (χ1v) is 5.97. The van der Waals surface area contributed by atoms with E-state index in [4.69, 9.17) is 10.5 Å². The average molecular weight is 294 g/mol. The average Bonchev–Trinajstić information content (AvgIpc) is 2.37. The molecule has 2 aromatic rings. The Bertz CT molecular complexity index is 478. The zero-order valence-corrected chi connectivity index (χ0v) is 10.7. The monoisotopic (exact) mass is 293 g/mol. The smallest absolute Gasteiger partial charge is 0.153 e. The van der Waals surface area contributed by atoms with E-state index in [1.807, 2.05) is 24.3 Å². The van der Waals surface area contributed by atoms with Crippen molar-refractivity contribution in [2.45, 2.75) is 6.10 Å². The highest BCUT2D eigenvalue weighted by Crippen LogP contribution is 2.21. The Balaban J connectivity index is 2.16. The molecule has 0 aliphatic rings. The van der Waals surface area contributed by atoms with Crippen molar-refractivity contribution >= 4 is 15.9 Å². The van der Waals surface area contributed by atoms with Gasteiger partial charge in [-0.05, 0) is 34.1 Å². The Morgan fingerprint density at radius 3 is 2.88 bits per heavy atom. The van der Waals surface area contributed by atoms with Gasteiger partial charge in [0.15, 0.2) is 6.10 Å². The summed E-state index contributed by atoms with van der Waals surface area (Å²) >= 11 is 3.34. The van der Waals surface area contributed by atoms with Crippen LogP contribution in [-0.4, -0.2) is 16.5 Å². The fourth-order valence-electron chi connectivity index (χ4n) is 1.42. The fourth-order valence-corrected chi connectivity index (χ4v) is 1.76. The van der Waals surface area contributed by atoms with Gasteiger partial charge in [-0.2, -0.15) is 0 Å². The summed E-state index contributed by atoms with van der Waals surface area (Å²) in [6.07, 6.45) is 4.81. The van der Waals surface area contributed by atoms with Gasteiger partial charge >= 0.3 is 0 Å². The molecule has 1 atom stereocenters. The summed E-state index contributed by atoms with van der Waals surface area (Å²) in [4.78, 5) is 8.26. The van der Waals surface area contributed by atoms with Crippen molar-refractivity contribution in [3.63, 3.8) is 0 Å². The zero-order chi connectivity index (χ0) is 12.1. The molecule has 0 bridgehead atoms. The molecular weight excluding hydrogens is 282 g/mol. The summed E-state index contributed by atoms with van der Waals surface area (Å²) in [6, 6.07) is 7.51. The second kappa shape index (κ2) is 5.75. The fraction of sp³-hybridized carbons (Fsp3) is 0.167. The minimum atomic E-state index is -0.257. The maximum Gasteiger partial charge on any atom is 0.153 e. The van der Waals surface area contributed by atoms with E-state index in [1.165, 1.54) is 0 Å². The summed E-state index contributed by atoms with van der Waals surface area (Å²) in [6.45, 7) is 0.365. The maximum absolute atomic E-state index is 5.75. The predicted octanol–water partition coefficient (Wildman–Crippen LogP) is 2.32. The predicted molar refractivity (Wildman–Crippen MR) is 68.6 cm³/mol. The number of aromatic nitrogens is 2. The van der Waals surface area contributed by atoms with Crippen LogP contribution in [0.3, 0.4) is 0 Å². The first-order valence-electron chi connectivity index (χ1n) is 5.18. The van der Waals surface area contributed by atoms with E-state index in [9.17, 15) is 0 Å². The maximum atomic E-state index is 5.75. The van der Waals surface area contributed by atoms with Crippen molar-refractivity contribution in [3.05, 3.63) is 53.0 Å². The number of hydrogen-bond donors (Lipinski definition) is 1. The van der Waals surface area contributed by atoms with Gasteiger partial charge in [-0.3, -0.25) is 9.97 Å². The van der Waals surface area contributed by atoms with Gasteiger partial charge in [-0.25, -0.2) is 0 Å². The first-order chi connectivity index (χ1) is 8.29. The molecule has 0 aromatic carbocycles. The molecule has 0 fully saturated rings. The highest BCUT2D eigenvalue weighted by Gasteiger charge is 2.12. The summed E-state index contributed by atoms with van der Waals surface area (Å²) < 4.78 is 6.62. The van der Waals surface area contributed by atoms with E-state index < -0.39 is 0 Å². The third-order valence-corrected chi connectivity index (χ3v) is 2.62. The van der Waals surface area contributed by atoms with Crippen molar-refractivity contribution in [1.29, 1.82) is 0 Å². The highest BCUT2D eigenvalue weighted by atomic mass is 79.9. The lowest BCUT2D eigenvalue weighted by Crippen LogP contribution is -2.19. The molecule has 0 aliphatic carbocycles. The van der Waals surface area contributed by atoms with Gasteiger partial charge in [0.05, 0.1) is 11.9 Å². The lowest BCUT2D eigenvalue weighted by molar-refractivity contribution is 0.208. The second-order valence-electron chi connectivity index (χ2n) is 3.44. The molecule has 0 radical (unpaired) electrons. The summed E-state index contributed by atoms with van der Waals surface area (Å²) in [7, 11) is 0. The minimum absolute atomic E-state index is 0.257. The number of nitrogens with zero attached hydrogens (tertiary/aromatic N) is 2. The third-order valence-electron chi connectivity index (χ3n) is 2.19. The number of rotatable bonds is 4. The number of halogens is 1. The summed E-state index contributed by atoms with van der Waals surface area (Å²) in [5.74, 6) is 0.667. The van der Waals surface area contributed by atoms with Crippen LogP contribution in [0.25, 0.3) is 0 Å². The molecule has 17 heavy (non-hydrogen) atoms. The highest BCUT2D eigenvalue weighted by molar-refractivity contribution is 9.10. The lowest BCUT2D eigenvalue weighted by Gasteiger charge is -2.16. The van der Waals surface area contributed by atoms with Crippen molar-refractivity contribution < 1.29 is 4.74 Å². The van der Waals surface area contributed by atoms with Gasteiger partial charge in [-0.1, -0.05) is 6.07 Å². The summed E-state index contributed by atoms with van der Waals surface area (Å²) in [5.41, 5.74) is 6.51. The quantitative estimate of drug-likeness (QED) is 0.940. The van der Waals surface area contributed by atoms with Crippen molar-refractivity contribution in [2.24, 2.45) is 5.73 Å². The molecule has 2 heterocycles. The van der Waals surface area contributed by atoms with Crippen LogP contribution in [0.15, 0.2) is 47.3 Å². The molecular formula is C12H12BrN3O. The van der Waals surface area contributed by atoms with Gasteiger partial charge in [-0.15, -0.1) is 0 Å². The van der Waals surface area contributed by atoms with Crippen LogP contribution >= 0.6 is 15.9 Å². The van der Waals surface area contributed by atoms with E-state index in [0.29, 0.717) is 12.3 Å². The van der Waals surface area contributed by atoms with Gasteiger partial charge in [0.2, 0.25) is 0 Å². The molecule has 0 amide bonds. The SMILES string of the molecule is NCC(Oc1cncc(Br)c1)c1ccccn1. The van der Waals surface area contributed by atoms with Crippen molar-refractivity contribution in [1.82, 2.24) is 9.97 Å². The molecule has 2 rings (SSSR count). The molecule has 1 unspecified atom stereocenters. The van der Waals surface area contributed by atoms with E-state index in [1.54, 1.807) is 18.6 Å². The molecule has 0 spiro atoms. The molecule has 5 heteroatoms. The van der Waals surface area contributed by atoms with Gasteiger partial charge < -0.3 is 10.5 Å².